The van der Waals surface area contributed by atoms with Crippen LogP contribution in [0, 0.1) is 0 Å². The Balaban J connectivity index is 2.83. The lowest BCUT2D eigenvalue weighted by atomic mass is 9.95. The molecule has 0 fully saturated rings. The predicted octanol–water partition coefficient (Wildman–Crippen LogP) is 0.899. The second-order valence-electron chi connectivity index (χ2n) is 4.42. The summed E-state index contributed by atoms with van der Waals surface area (Å²) in [6.07, 6.45) is 2.42. The molecule has 4 heteroatoms. The van der Waals surface area contributed by atoms with Crippen LogP contribution in [-0.2, 0) is 14.8 Å². The molecule has 0 spiro atoms. The molecule has 0 aromatic heterocycles. The van der Waals surface area contributed by atoms with Crippen molar-refractivity contribution in [3.05, 3.63) is 12.2 Å². The lowest BCUT2D eigenvalue weighted by Crippen LogP contribution is -2.49. The average Bonchev–Trinajstić information content (AvgIpc) is 2.06. The molecule has 1 unspecified atom stereocenters. The fraction of sp³-hybridized carbons (Fsp3) is 0.600. The van der Waals surface area contributed by atoms with Gasteiger partial charge in [0, 0.05) is 12.0 Å². The first-order valence-corrected chi connectivity index (χ1v) is 4.53. The molecule has 0 saturated heterocycles. The van der Waals surface area contributed by atoms with Crippen molar-refractivity contribution in [1.82, 2.24) is 5.06 Å². The second kappa shape index (κ2) is 3.63. The Hall–Kier alpha value is -1.00. The number of hydrogen-bond donors (Lipinski definition) is 0. The fourth-order valence-corrected chi connectivity index (χ4v) is 1.31. The fourth-order valence-electron chi connectivity index (χ4n) is 1.31. The Kier molecular flexibility index (Phi) is 2.87. The van der Waals surface area contributed by atoms with E-state index in [4.69, 9.17) is 0 Å². The smallest absolute Gasteiger partial charge is 0.175 e. The van der Waals surface area contributed by atoms with E-state index in [0.717, 1.165) is 0 Å². The zero-order valence-electron chi connectivity index (χ0n) is 8.61. The topological polar surface area (TPSA) is 57.3 Å². The minimum Gasteiger partial charge on any atom is -0.295 e. The molecule has 1 radical (unpaired) electrons. The molecule has 0 bridgehead atoms. The van der Waals surface area contributed by atoms with E-state index in [0.29, 0.717) is 5.06 Å². The van der Waals surface area contributed by atoms with Crippen molar-refractivity contribution in [3.63, 3.8) is 0 Å². The van der Waals surface area contributed by atoms with Crippen molar-refractivity contribution in [2.45, 2.75) is 38.8 Å². The first-order valence-electron chi connectivity index (χ1n) is 4.53. The van der Waals surface area contributed by atoms with Gasteiger partial charge in [0.05, 0.1) is 0 Å². The van der Waals surface area contributed by atoms with Gasteiger partial charge in [0.15, 0.2) is 11.6 Å². The molecule has 1 atom stereocenters. The second-order valence-corrected chi connectivity index (χ2v) is 4.42. The maximum atomic E-state index is 11.7. The summed E-state index contributed by atoms with van der Waals surface area (Å²) in [7, 11) is 0. The summed E-state index contributed by atoms with van der Waals surface area (Å²) in [5.74, 6) is -0.450. The Morgan fingerprint density at radius 3 is 2.36 bits per heavy atom. The molecule has 1 aliphatic carbocycles. The van der Waals surface area contributed by atoms with Crippen molar-refractivity contribution < 1.29 is 14.8 Å². The van der Waals surface area contributed by atoms with E-state index < -0.39 is 11.6 Å². The Bertz CT molecular complexity index is 288. The predicted molar refractivity (Wildman–Crippen MR) is 49.8 cm³/mol. The molecule has 1 aliphatic rings. The summed E-state index contributed by atoms with van der Waals surface area (Å²) < 4.78 is 0. The third-order valence-electron chi connectivity index (χ3n) is 2.10. The molecule has 0 heterocycles. The lowest BCUT2D eigenvalue weighted by Gasteiger charge is -2.33. The van der Waals surface area contributed by atoms with Crippen LogP contribution < -0.4 is 0 Å². The number of rotatable bonds is 1. The van der Waals surface area contributed by atoms with Crippen LogP contribution in [0.1, 0.15) is 27.2 Å². The number of nitrogens with zero attached hydrogens (tertiary/aromatic N) is 1. The third kappa shape index (κ3) is 2.27. The Morgan fingerprint density at radius 1 is 1.29 bits per heavy atom. The van der Waals surface area contributed by atoms with Crippen molar-refractivity contribution in [2.24, 2.45) is 0 Å². The number of allylic oxidation sites excluding steroid dienone is 1. The van der Waals surface area contributed by atoms with E-state index in [-0.39, 0.29) is 18.0 Å². The molecule has 0 aromatic rings. The number of hydrogen-bond acceptors (Lipinski definition) is 3. The highest BCUT2D eigenvalue weighted by atomic mass is 16.5. The molecular formula is C10H14NO3. The van der Waals surface area contributed by atoms with Gasteiger partial charge in [0.2, 0.25) is 0 Å². The van der Waals surface area contributed by atoms with Crippen LogP contribution in [0.3, 0.4) is 0 Å². The van der Waals surface area contributed by atoms with Crippen molar-refractivity contribution in [3.8, 4) is 0 Å². The lowest BCUT2D eigenvalue weighted by molar-refractivity contribution is -0.235. The van der Waals surface area contributed by atoms with Crippen LogP contribution in [0.5, 0.6) is 0 Å². The summed E-state index contributed by atoms with van der Waals surface area (Å²) in [6.45, 7) is 5.15. The van der Waals surface area contributed by atoms with Crippen LogP contribution in [0.25, 0.3) is 0 Å². The molecule has 14 heavy (non-hydrogen) atoms. The van der Waals surface area contributed by atoms with E-state index in [1.807, 2.05) is 0 Å². The summed E-state index contributed by atoms with van der Waals surface area (Å²) in [4.78, 5) is 22.4. The van der Waals surface area contributed by atoms with E-state index in [2.05, 4.69) is 0 Å². The van der Waals surface area contributed by atoms with E-state index >= 15 is 0 Å². The average molecular weight is 196 g/mol. The highest BCUT2D eigenvalue weighted by Gasteiger charge is 2.35. The highest BCUT2D eigenvalue weighted by Crippen LogP contribution is 2.20. The van der Waals surface area contributed by atoms with E-state index in [1.165, 1.54) is 12.2 Å². The first kappa shape index (κ1) is 11.1. The molecular weight excluding hydrogens is 182 g/mol. The Labute approximate surface area is 83.2 Å². The number of carbonyl (C=O) groups is 2. The van der Waals surface area contributed by atoms with Gasteiger partial charge in [-0.25, -0.2) is 0 Å². The zero-order valence-corrected chi connectivity index (χ0v) is 8.61. The Morgan fingerprint density at radius 2 is 1.86 bits per heavy atom. The SMILES string of the molecule is CC(C)(C)N([O])C1CC(=O)C=CC1=O. The normalized spacial score (nSPS) is 23.4. The summed E-state index contributed by atoms with van der Waals surface area (Å²) in [5, 5.41) is 12.4. The van der Waals surface area contributed by atoms with Gasteiger partial charge in [-0.1, -0.05) is 0 Å². The molecule has 1 rings (SSSR count). The van der Waals surface area contributed by atoms with Crippen LogP contribution in [0.2, 0.25) is 0 Å². The van der Waals surface area contributed by atoms with Gasteiger partial charge >= 0.3 is 0 Å². The largest absolute Gasteiger partial charge is 0.295 e. The monoisotopic (exact) mass is 196 g/mol. The summed E-state index contributed by atoms with van der Waals surface area (Å²) in [6, 6.07) is -0.840. The molecule has 0 saturated carbocycles. The van der Waals surface area contributed by atoms with Gasteiger partial charge in [0.25, 0.3) is 0 Å². The van der Waals surface area contributed by atoms with Gasteiger partial charge in [-0.3, -0.25) is 9.59 Å². The van der Waals surface area contributed by atoms with Crippen LogP contribution in [0.15, 0.2) is 12.2 Å². The number of ketones is 2. The molecule has 77 valence electrons. The zero-order chi connectivity index (χ0) is 10.9. The first-order chi connectivity index (χ1) is 6.32. The van der Waals surface area contributed by atoms with Gasteiger partial charge in [-0.05, 0) is 32.9 Å². The quantitative estimate of drug-likeness (QED) is 0.585. The van der Waals surface area contributed by atoms with Crippen LogP contribution in [-0.4, -0.2) is 28.2 Å². The minimum atomic E-state index is -0.840. The van der Waals surface area contributed by atoms with Gasteiger partial charge < -0.3 is 0 Å². The third-order valence-corrected chi connectivity index (χ3v) is 2.10. The minimum absolute atomic E-state index is 0.00387. The van der Waals surface area contributed by atoms with Gasteiger partial charge in [0.1, 0.15) is 6.04 Å². The molecule has 0 aliphatic heterocycles. The maximum Gasteiger partial charge on any atom is 0.175 e. The van der Waals surface area contributed by atoms with Crippen molar-refractivity contribution >= 4 is 11.6 Å². The highest BCUT2D eigenvalue weighted by molar-refractivity contribution is 6.07. The standard InChI is InChI=1S/C10H14NO3/c1-10(2,3)11(14)8-6-7(12)4-5-9(8)13/h4-5,8H,6H2,1-3H3. The summed E-state index contributed by atoms with van der Waals surface area (Å²) >= 11 is 0. The van der Waals surface area contributed by atoms with E-state index in [1.54, 1.807) is 20.8 Å². The van der Waals surface area contributed by atoms with Crippen molar-refractivity contribution in [1.29, 1.82) is 0 Å². The van der Waals surface area contributed by atoms with Crippen LogP contribution >= 0.6 is 0 Å². The molecule has 4 nitrogen and oxygen atoms in total. The van der Waals surface area contributed by atoms with E-state index in [9.17, 15) is 14.8 Å². The maximum absolute atomic E-state index is 11.7. The van der Waals surface area contributed by atoms with Gasteiger partial charge in [-0.15, -0.1) is 10.3 Å². The number of hydroxylamine groups is 2. The molecule has 0 amide bonds. The number of carbonyl (C=O) groups excluding carboxylic acids is 2. The molecule has 0 N–H and O–H groups in total. The summed E-state index contributed by atoms with van der Waals surface area (Å²) in [5.41, 5.74) is -0.647. The van der Waals surface area contributed by atoms with Crippen LogP contribution in [0.4, 0.5) is 0 Å². The van der Waals surface area contributed by atoms with Gasteiger partial charge in [-0.2, -0.15) is 0 Å². The van der Waals surface area contributed by atoms with Crippen molar-refractivity contribution in [2.75, 3.05) is 0 Å². The molecule has 0 aromatic carbocycles.